The average Bonchev–Trinajstić information content (AvgIpc) is 2.73. The minimum absolute atomic E-state index is 0.157. The van der Waals surface area contributed by atoms with Crippen molar-refractivity contribution >= 4 is 23.3 Å². The van der Waals surface area contributed by atoms with Crippen molar-refractivity contribution in [3.8, 4) is 0 Å². The summed E-state index contributed by atoms with van der Waals surface area (Å²) >= 11 is 6.35. The van der Waals surface area contributed by atoms with Crippen LogP contribution in [0.25, 0.3) is 0 Å². The van der Waals surface area contributed by atoms with Gasteiger partial charge in [-0.2, -0.15) is 0 Å². The number of esters is 1. The van der Waals surface area contributed by atoms with Crippen molar-refractivity contribution < 1.29 is 14.4 Å². The second-order valence-electron chi connectivity index (χ2n) is 5.82. The number of aromatic nitrogens is 1. The van der Waals surface area contributed by atoms with Gasteiger partial charge in [-0.1, -0.05) is 65.3 Å². The first-order valence-corrected chi connectivity index (χ1v) is 9.19. The van der Waals surface area contributed by atoms with Crippen LogP contribution >= 0.6 is 11.6 Å². The van der Waals surface area contributed by atoms with Crippen LogP contribution in [-0.2, 0) is 16.2 Å². The van der Waals surface area contributed by atoms with E-state index >= 15 is 0 Å². The van der Waals surface area contributed by atoms with E-state index in [0.717, 1.165) is 11.1 Å². The Hall–Kier alpha value is -3.18. The maximum Gasteiger partial charge on any atom is 0.339 e. The van der Waals surface area contributed by atoms with Gasteiger partial charge in [-0.3, -0.25) is 4.98 Å². The molecule has 28 heavy (non-hydrogen) atoms. The van der Waals surface area contributed by atoms with Gasteiger partial charge in [0.2, 0.25) is 0 Å². The van der Waals surface area contributed by atoms with Crippen molar-refractivity contribution in [2.75, 3.05) is 6.61 Å². The number of ether oxygens (including phenoxy) is 1. The molecule has 3 rings (SSSR count). The molecule has 0 spiro atoms. The zero-order chi connectivity index (χ0) is 19.8. The molecule has 0 aliphatic rings. The number of oxime groups is 1. The Kier molecular flexibility index (Phi) is 6.76. The molecule has 0 N–H and O–H groups in total. The highest BCUT2D eigenvalue weighted by Gasteiger charge is 2.12. The molecule has 6 heteroatoms. The predicted octanol–water partition coefficient (Wildman–Crippen LogP) is 4.88. The number of pyridine rings is 1. The number of benzene rings is 2. The van der Waals surface area contributed by atoms with Gasteiger partial charge in [0, 0.05) is 17.3 Å². The topological polar surface area (TPSA) is 60.8 Å². The van der Waals surface area contributed by atoms with Gasteiger partial charge in [0.15, 0.2) is 6.61 Å². The zero-order valence-corrected chi connectivity index (χ0v) is 16.1. The van der Waals surface area contributed by atoms with Crippen LogP contribution in [-0.4, -0.2) is 23.3 Å². The molecule has 0 aliphatic carbocycles. The van der Waals surface area contributed by atoms with E-state index in [9.17, 15) is 4.79 Å². The number of carbonyl (C=O) groups is 1. The van der Waals surface area contributed by atoms with Crippen molar-refractivity contribution in [3.05, 3.63) is 100 Å². The van der Waals surface area contributed by atoms with E-state index in [1.807, 2.05) is 54.6 Å². The lowest BCUT2D eigenvalue weighted by Crippen LogP contribution is -2.07. The molecule has 0 radical (unpaired) electrons. The molecule has 2 aromatic carbocycles. The standard InChI is InChI=1S/C22H19ClN2O3/c1-2-27-22(26)17-12-13-18(24-14-17)15-28-25-21(16-8-4-3-5-9-16)19-10-6-7-11-20(19)23/h3-14H,2,15H2,1H3/b25-21-. The zero-order valence-electron chi connectivity index (χ0n) is 15.3. The van der Waals surface area contributed by atoms with Crippen LogP contribution in [0.3, 0.4) is 0 Å². The highest BCUT2D eigenvalue weighted by Crippen LogP contribution is 2.20. The van der Waals surface area contributed by atoms with Crippen molar-refractivity contribution in [2.45, 2.75) is 13.5 Å². The van der Waals surface area contributed by atoms with E-state index in [2.05, 4.69) is 10.1 Å². The maximum atomic E-state index is 11.7. The van der Waals surface area contributed by atoms with Crippen LogP contribution in [0.2, 0.25) is 5.02 Å². The minimum Gasteiger partial charge on any atom is -0.462 e. The fraction of sp³-hybridized carbons (Fsp3) is 0.136. The Morgan fingerprint density at radius 3 is 2.43 bits per heavy atom. The molecular formula is C22H19ClN2O3. The lowest BCUT2D eigenvalue weighted by molar-refractivity contribution is 0.0525. The number of hydrogen-bond acceptors (Lipinski definition) is 5. The summed E-state index contributed by atoms with van der Waals surface area (Å²) in [5, 5.41) is 4.90. The molecule has 1 aromatic heterocycles. The summed E-state index contributed by atoms with van der Waals surface area (Å²) in [6.45, 7) is 2.24. The Morgan fingerprint density at radius 1 is 1.00 bits per heavy atom. The fourth-order valence-corrected chi connectivity index (χ4v) is 2.74. The Balaban J connectivity index is 1.77. The largest absolute Gasteiger partial charge is 0.462 e. The van der Waals surface area contributed by atoms with E-state index in [0.29, 0.717) is 28.6 Å². The van der Waals surface area contributed by atoms with Gasteiger partial charge in [-0.15, -0.1) is 0 Å². The normalized spacial score (nSPS) is 11.1. The lowest BCUT2D eigenvalue weighted by Gasteiger charge is -2.09. The molecule has 5 nitrogen and oxygen atoms in total. The molecular weight excluding hydrogens is 376 g/mol. The van der Waals surface area contributed by atoms with E-state index in [1.54, 1.807) is 19.1 Å². The Labute approximate surface area is 168 Å². The van der Waals surface area contributed by atoms with Gasteiger partial charge in [-0.05, 0) is 25.1 Å². The smallest absolute Gasteiger partial charge is 0.339 e. The molecule has 0 unspecified atom stereocenters. The van der Waals surface area contributed by atoms with Gasteiger partial charge in [0.25, 0.3) is 0 Å². The number of halogens is 1. The highest BCUT2D eigenvalue weighted by atomic mass is 35.5. The predicted molar refractivity (Wildman–Crippen MR) is 109 cm³/mol. The van der Waals surface area contributed by atoms with Gasteiger partial charge >= 0.3 is 5.97 Å². The minimum atomic E-state index is -0.398. The molecule has 0 saturated heterocycles. The molecule has 0 atom stereocenters. The van der Waals surface area contributed by atoms with Crippen molar-refractivity contribution in [3.63, 3.8) is 0 Å². The third-order valence-electron chi connectivity index (χ3n) is 3.88. The number of nitrogens with zero attached hydrogens (tertiary/aromatic N) is 2. The second kappa shape index (κ2) is 9.67. The highest BCUT2D eigenvalue weighted by molar-refractivity contribution is 6.35. The SMILES string of the molecule is CCOC(=O)c1ccc(CO/N=C(/c2ccccc2)c2ccccc2Cl)nc1. The molecule has 142 valence electrons. The molecule has 3 aromatic rings. The van der Waals surface area contributed by atoms with Crippen LogP contribution in [0.1, 0.15) is 34.1 Å². The molecule has 0 fully saturated rings. The van der Waals surface area contributed by atoms with E-state index in [-0.39, 0.29) is 6.61 Å². The van der Waals surface area contributed by atoms with E-state index in [4.69, 9.17) is 21.2 Å². The van der Waals surface area contributed by atoms with Crippen LogP contribution in [0.15, 0.2) is 78.1 Å². The van der Waals surface area contributed by atoms with Gasteiger partial charge in [-0.25, -0.2) is 4.79 Å². The second-order valence-corrected chi connectivity index (χ2v) is 6.23. The third-order valence-corrected chi connectivity index (χ3v) is 4.21. The van der Waals surface area contributed by atoms with Gasteiger partial charge < -0.3 is 9.57 Å². The summed E-state index contributed by atoms with van der Waals surface area (Å²) < 4.78 is 4.95. The molecule has 0 bridgehead atoms. The Bertz CT molecular complexity index is 957. The summed E-state index contributed by atoms with van der Waals surface area (Å²) in [5.41, 5.74) is 3.34. The van der Waals surface area contributed by atoms with Crippen LogP contribution in [0, 0.1) is 0 Å². The first-order valence-electron chi connectivity index (χ1n) is 8.81. The summed E-state index contributed by atoms with van der Waals surface area (Å²) in [5.74, 6) is -0.398. The number of carbonyl (C=O) groups excluding carboxylic acids is 1. The van der Waals surface area contributed by atoms with Crippen molar-refractivity contribution in [2.24, 2.45) is 5.16 Å². The summed E-state index contributed by atoms with van der Waals surface area (Å²) in [6, 6.07) is 20.5. The molecule has 1 heterocycles. The van der Waals surface area contributed by atoms with E-state index < -0.39 is 5.97 Å². The summed E-state index contributed by atoms with van der Waals surface area (Å²) in [7, 11) is 0. The first kappa shape index (κ1) is 19.6. The Morgan fingerprint density at radius 2 is 1.75 bits per heavy atom. The third kappa shape index (κ3) is 4.96. The maximum absolute atomic E-state index is 11.7. The fourth-order valence-electron chi connectivity index (χ4n) is 2.51. The molecule has 0 amide bonds. The van der Waals surface area contributed by atoms with Crippen LogP contribution in [0.4, 0.5) is 0 Å². The van der Waals surface area contributed by atoms with Crippen molar-refractivity contribution in [1.29, 1.82) is 0 Å². The molecule has 0 aliphatic heterocycles. The van der Waals surface area contributed by atoms with Crippen LogP contribution < -0.4 is 0 Å². The van der Waals surface area contributed by atoms with Gasteiger partial charge in [0.05, 0.1) is 22.9 Å². The van der Waals surface area contributed by atoms with Crippen molar-refractivity contribution in [1.82, 2.24) is 4.98 Å². The average molecular weight is 395 g/mol. The number of rotatable bonds is 7. The summed E-state index contributed by atoms with van der Waals surface area (Å²) in [6.07, 6.45) is 1.46. The first-order chi connectivity index (χ1) is 13.7. The van der Waals surface area contributed by atoms with Gasteiger partial charge in [0.1, 0.15) is 5.71 Å². The molecule has 0 saturated carbocycles. The monoisotopic (exact) mass is 394 g/mol. The summed E-state index contributed by atoms with van der Waals surface area (Å²) in [4.78, 5) is 21.4. The van der Waals surface area contributed by atoms with Crippen LogP contribution in [0.5, 0.6) is 0 Å². The quantitative estimate of drug-likeness (QED) is 0.325. The number of hydrogen-bond donors (Lipinski definition) is 0. The van der Waals surface area contributed by atoms with E-state index in [1.165, 1.54) is 6.20 Å². The lowest BCUT2D eigenvalue weighted by atomic mass is 10.0.